The van der Waals surface area contributed by atoms with E-state index >= 15 is 0 Å². The van der Waals surface area contributed by atoms with Crippen LogP contribution < -0.4 is 5.56 Å². The molecule has 1 heterocycles. The summed E-state index contributed by atoms with van der Waals surface area (Å²) in [5.41, 5.74) is 4.34. The first kappa shape index (κ1) is 15.2. The number of nitrogens with zero attached hydrogens (tertiary/aromatic N) is 1. The molecule has 0 aliphatic heterocycles. The summed E-state index contributed by atoms with van der Waals surface area (Å²) in [5, 5.41) is 0. The van der Waals surface area contributed by atoms with Gasteiger partial charge in [-0.15, -0.1) is 0 Å². The lowest BCUT2D eigenvalue weighted by Crippen LogP contribution is -2.25. The number of pyridine rings is 1. The molecule has 0 atom stereocenters. The fourth-order valence-electron chi connectivity index (χ4n) is 2.38. The van der Waals surface area contributed by atoms with Crippen LogP contribution in [0.1, 0.15) is 41.3 Å². The van der Waals surface area contributed by atoms with E-state index in [1.165, 1.54) is 11.1 Å². The van der Waals surface area contributed by atoms with Crippen molar-refractivity contribution in [2.45, 2.75) is 40.2 Å². The van der Waals surface area contributed by atoms with Gasteiger partial charge in [-0.1, -0.05) is 25.5 Å². The van der Waals surface area contributed by atoms with Gasteiger partial charge < -0.3 is 4.57 Å². The van der Waals surface area contributed by atoms with Crippen molar-refractivity contribution in [1.82, 2.24) is 4.57 Å². The van der Waals surface area contributed by atoms with Crippen LogP contribution in [-0.4, -0.2) is 10.9 Å². The molecular weight excluding hydrogens is 262 g/mol. The Labute approximate surface area is 125 Å². The summed E-state index contributed by atoms with van der Waals surface area (Å²) in [7, 11) is 0. The maximum absolute atomic E-state index is 12.4. The van der Waals surface area contributed by atoms with Crippen molar-refractivity contribution in [2.24, 2.45) is 0 Å². The van der Waals surface area contributed by atoms with E-state index in [0.29, 0.717) is 12.8 Å². The zero-order valence-electron chi connectivity index (χ0n) is 12.8. The van der Waals surface area contributed by atoms with Crippen LogP contribution in [-0.2, 0) is 6.54 Å². The molecule has 0 radical (unpaired) electrons. The Hall–Kier alpha value is -2.16. The summed E-state index contributed by atoms with van der Waals surface area (Å²) >= 11 is 0. The Balaban J connectivity index is 2.61. The van der Waals surface area contributed by atoms with Crippen molar-refractivity contribution in [3.63, 3.8) is 0 Å². The van der Waals surface area contributed by atoms with E-state index in [-0.39, 0.29) is 11.1 Å². The number of hydrogen-bond donors (Lipinski definition) is 0. The Kier molecular flexibility index (Phi) is 4.73. The summed E-state index contributed by atoms with van der Waals surface area (Å²) < 4.78 is 1.72. The van der Waals surface area contributed by atoms with E-state index in [4.69, 9.17) is 0 Å². The first-order valence-electron chi connectivity index (χ1n) is 7.35. The normalized spacial score (nSPS) is 10.6. The van der Waals surface area contributed by atoms with Crippen LogP contribution in [0.15, 0.2) is 35.1 Å². The van der Waals surface area contributed by atoms with Crippen LogP contribution in [0.3, 0.4) is 0 Å². The van der Waals surface area contributed by atoms with Gasteiger partial charge in [0.05, 0.1) is 11.3 Å². The number of unbranched alkanes of at least 4 members (excludes halogenated alkanes) is 1. The van der Waals surface area contributed by atoms with Crippen LogP contribution in [0.4, 0.5) is 0 Å². The molecule has 110 valence electrons. The average molecular weight is 283 g/mol. The molecule has 3 heteroatoms. The molecule has 2 rings (SSSR count). The van der Waals surface area contributed by atoms with Crippen molar-refractivity contribution < 1.29 is 4.79 Å². The van der Waals surface area contributed by atoms with Crippen LogP contribution >= 0.6 is 0 Å². The predicted octanol–water partition coefficient (Wildman–Crippen LogP) is 3.74. The molecule has 0 aliphatic rings. The van der Waals surface area contributed by atoms with Gasteiger partial charge in [-0.25, -0.2) is 0 Å². The summed E-state index contributed by atoms with van der Waals surface area (Å²) in [6.45, 7) is 6.86. The molecule has 1 aromatic carbocycles. The molecule has 2 aromatic rings. The Morgan fingerprint density at radius 2 is 1.86 bits per heavy atom. The van der Waals surface area contributed by atoms with Gasteiger partial charge in [-0.3, -0.25) is 9.59 Å². The van der Waals surface area contributed by atoms with Gasteiger partial charge in [0.2, 0.25) is 0 Å². The Bertz CT molecular complexity index is 714. The largest absolute Gasteiger partial charge is 0.308 e. The first-order chi connectivity index (χ1) is 10.1. The number of carbonyl (C=O) groups excluding carboxylic acids is 1. The van der Waals surface area contributed by atoms with Gasteiger partial charge >= 0.3 is 0 Å². The fourth-order valence-corrected chi connectivity index (χ4v) is 2.38. The lowest BCUT2D eigenvalue weighted by Gasteiger charge is -2.14. The van der Waals surface area contributed by atoms with Gasteiger partial charge in [0, 0.05) is 6.54 Å². The highest BCUT2D eigenvalue weighted by Crippen LogP contribution is 2.22. The average Bonchev–Trinajstić information content (AvgIpc) is 2.48. The highest BCUT2D eigenvalue weighted by molar-refractivity contribution is 5.75. The zero-order chi connectivity index (χ0) is 15.4. The van der Waals surface area contributed by atoms with E-state index < -0.39 is 0 Å². The number of hydrogen-bond acceptors (Lipinski definition) is 2. The topological polar surface area (TPSA) is 39.1 Å². The van der Waals surface area contributed by atoms with E-state index in [2.05, 4.69) is 32.9 Å². The Morgan fingerprint density at radius 1 is 1.10 bits per heavy atom. The van der Waals surface area contributed by atoms with E-state index in [9.17, 15) is 9.59 Å². The standard InChI is InChI=1S/C18H21NO2/c1-4-5-10-19-17(9-8-16(12-20)18(19)21)15-7-6-13(2)14(3)11-15/h6-9,11-12H,4-5,10H2,1-3H3. The minimum absolute atomic E-state index is 0.200. The smallest absolute Gasteiger partial charge is 0.261 e. The summed E-state index contributed by atoms with van der Waals surface area (Å²) in [6, 6.07) is 9.66. The number of aryl methyl sites for hydroxylation is 2. The fraction of sp³-hybridized carbons (Fsp3) is 0.333. The monoisotopic (exact) mass is 283 g/mol. The molecule has 21 heavy (non-hydrogen) atoms. The predicted molar refractivity (Wildman–Crippen MR) is 85.9 cm³/mol. The van der Waals surface area contributed by atoms with Gasteiger partial charge in [0.1, 0.15) is 0 Å². The number of aromatic nitrogens is 1. The van der Waals surface area contributed by atoms with Crippen molar-refractivity contribution >= 4 is 6.29 Å². The molecule has 0 saturated carbocycles. The molecule has 0 unspecified atom stereocenters. The van der Waals surface area contributed by atoms with Gasteiger partial charge in [-0.05, 0) is 55.2 Å². The van der Waals surface area contributed by atoms with Crippen LogP contribution in [0.5, 0.6) is 0 Å². The van der Waals surface area contributed by atoms with Crippen molar-refractivity contribution in [3.8, 4) is 11.3 Å². The second-order valence-electron chi connectivity index (χ2n) is 5.40. The van der Waals surface area contributed by atoms with Crippen molar-refractivity contribution in [3.05, 3.63) is 57.4 Å². The lowest BCUT2D eigenvalue weighted by molar-refractivity contribution is 0.112. The van der Waals surface area contributed by atoms with E-state index in [1.807, 2.05) is 12.1 Å². The molecular formula is C18H21NO2. The zero-order valence-corrected chi connectivity index (χ0v) is 12.8. The summed E-state index contributed by atoms with van der Waals surface area (Å²) in [5.74, 6) is 0. The Morgan fingerprint density at radius 3 is 2.48 bits per heavy atom. The quantitative estimate of drug-likeness (QED) is 0.784. The molecule has 0 spiro atoms. The van der Waals surface area contributed by atoms with Gasteiger partial charge in [0.15, 0.2) is 6.29 Å². The highest BCUT2D eigenvalue weighted by Gasteiger charge is 2.10. The van der Waals surface area contributed by atoms with Gasteiger partial charge in [-0.2, -0.15) is 0 Å². The number of rotatable bonds is 5. The SMILES string of the molecule is CCCCn1c(-c2ccc(C)c(C)c2)ccc(C=O)c1=O. The third kappa shape index (κ3) is 3.13. The summed E-state index contributed by atoms with van der Waals surface area (Å²) in [6.07, 6.45) is 2.55. The third-order valence-electron chi connectivity index (χ3n) is 3.87. The maximum Gasteiger partial charge on any atom is 0.261 e. The second kappa shape index (κ2) is 6.53. The van der Waals surface area contributed by atoms with Crippen LogP contribution in [0, 0.1) is 13.8 Å². The van der Waals surface area contributed by atoms with E-state index in [0.717, 1.165) is 24.1 Å². The molecule has 0 N–H and O–H groups in total. The minimum atomic E-state index is -0.200. The van der Waals surface area contributed by atoms with Crippen molar-refractivity contribution in [2.75, 3.05) is 0 Å². The molecule has 0 aliphatic carbocycles. The third-order valence-corrected chi connectivity index (χ3v) is 3.87. The minimum Gasteiger partial charge on any atom is -0.308 e. The molecule has 3 nitrogen and oxygen atoms in total. The molecule has 1 aromatic heterocycles. The highest BCUT2D eigenvalue weighted by atomic mass is 16.1. The maximum atomic E-state index is 12.4. The second-order valence-corrected chi connectivity index (χ2v) is 5.40. The first-order valence-corrected chi connectivity index (χ1v) is 7.35. The molecule has 0 saturated heterocycles. The number of benzene rings is 1. The van der Waals surface area contributed by atoms with Crippen molar-refractivity contribution in [1.29, 1.82) is 0 Å². The molecule has 0 bridgehead atoms. The van der Waals surface area contributed by atoms with E-state index in [1.54, 1.807) is 10.6 Å². The lowest BCUT2D eigenvalue weighted by atomic mass is 10.0. The molecule has 0 amide bonds. The number of aldehydes is 1. The van der Waals surface area contributed by atoms with Crippen LogP contribution in [0.2, 0.25) is 0 Å². The van der Waals surface area contributed by atoms with Crippen LogP contribution in [0.25, 0.3) is 11.3 Å². The number of carbonyl (C=O) groups is 1. The van der Waals surface area contributed by atoms with Gasteiger partial charge in [0.25, 0.3) is 5.56 Å². The summed E-state index contributed by atoms with van der Waals surface area (Å²) in [4.78, 5) is 23.4. The molecule has 0 fully saturated rings.